The summed E-state index contributed by atoms with van der Waals surface area (Å²) in [7, 11) is 0. The van der Waals surface area contributed by atoms with Crippen LogP contribution >= 0.6 is 0 Å². The summed E-state index contributed by atoms with van der Waals surface area (Å²) >= 11 is 0. The van der Waals surface area contributed by atoms with Crippen LogP contribution in [0.2, 0.25) is 0 Å². The average molecular weight is 474 g/mol. The van der Waals surface area contributed by atoms with Crippen LogP contribution in [-0.2, 0) is 13.1 Å². The summed E-state index contributed by atoms with van der Waals surface area (Å²) in [6.07, 6.45) is 2.07. The number of guanidine groups is 1. The number of benzene rings is 3. The monoisotopic (exact) mass is 473 g/mol. The number of nitrogens with one attached hydrogen (secondary N) is 2. The summed E-state index contributed by atoms with van der Waals surface area (Å²) in [5.41, 5.74) is 8.25. The molecule has 0 aromatic heterocycles. The summed E-state index contributed by atoms with van der Waals surface area (Å²) in [5, 5.41) is 7.89. The number of piperidine rings is 1. The molecular weight excluding hydrogens is 442 g/mol. The number of rotatable bonds is 6. The molecule has 1 fully saturated rings. The Morgan fingerprint density at radius 2 is 1.83 bits per heavy atom. The van der Waals surface area contributed by atoms with Crippen molar-refractivity contribution >= 4 is 22.8 Å². The van der Waals surface area contributed by atoms with Gasteiger partial charge in [0.25, 0.3) is 0 Å². The van der Waals surface area contributed by atoms with Crippen molar-refractivity contribution in [3.8, 4) is 11.5 Å². The molecule has 0 aliphatic carbocycles. The zero-order valence-corrected chi connectivity index (χ0v) is 19.7. The third kappa shape index (κ3) is 5.84. The molecule has 8 nitrogen and oxygen atoms in total. The SMILES string of the molecule is NC(=NCc1cccc2ccccc12)NC(=O)NCC1CCN(Cc2ccc3c(c2)OCO3)CC1. The molecule has 3 aromatic carbocycles. The van der Waals surface area contributed by atoms with Gasteiger partial charge in [-0.3, -0.25) is 10.2 Å². The Hall–Kier alpha value is -3.78. The fourth-order valence-corrected chi connectivity index (χ4v) is 4.68. The number of nitrogens with zero attached hydrogens (tertiary/aromatic N) is 2. The molecule has 2 aliphatic heterocycles. The van der Waals surface area contributed by atoms with E-state index >= 15 is 0 Å². The number of hydrogen-bond donors (Lipinski definition) is 3. The molecule has 0 radical (unpaired) electrons. The van der Waals surface area contributed by atoms with E-state index < -0.39 is 0 Å². The largest absolute Gasteiger partial charge is 0.454 e. The zero-order valence-electron chi connectivity index (χ0n) is 19.7. The van der Waals surface area contributed by atoms with E-state index in [0.717, 1.165) is 60.3 Å². The molecule has 2 aliphatic rings. The minimum atomic E-state index is -0.313. The van der Waals surface area contributed by atoms with Crippen LogP contribution in [0.3, 0.4) is 0 Å². The number of ether oxygens (including phenoxy) is 2. The van der Waals surface area contributed by atoms with Gasteiger partial charge in [-0.2, -0.15) is 0 Å². The molecule has 0 atom stereocenters. The number of likely N-dealkylation sites (tertiary alicyclic amines) is 1. The normalized spacial score (nSPS) is 16.4. The second-order valence-electron chi connectivity index (χ2n) is 9.08. The minimum absolute atomic E-state index is 0.119. The number of urea groups is 1. The van der Waals surface area contributed by atoms with E-state index in [1.165, 1.54) is 5.56 Å². The summed E-state index contributed by atoms with van der Waals surface area (Å²) in [6.45, 7) is 4.22. The first-order valence-corrected chi connectivity index (χ1v) is 12.1. The molecule has 35 heavy (non-hydrogen) atoms. The lowest BCUT2D eigenvalue weighted by Crippen LogP contribution is -2.46. The Morgan fingerprint density at radius 1 is 1.03 bits per heavy atom. The maximum Gasteiger partial charge on any atom is 0.321 e. The summed E-state index contributed by atoms with van der Waals surface area (Å²) in [5.74, 6) is 2.21. The lowest BCUT2D eigenvalue weighted by Gasteiger charge is -2.32. The van der Waals surface area contributed by atoms with Crippen LogP contribution in [0.5, 0.6) is 11.5 Å². The van der Waals surface area contributed by atoms with E-state index in [9.17, 15) is 4.79 Å². The lowest BCUT2D eigenvalue weighted by atomic mass is 9.96. The Morgan fingerprint density at radius 3 is 2.71 bits per heavy atom. The summed E-state index contributed by atoms with van der Waals surface area (Å²) in [6, 6.07) is 20.1. The first-order chi connectivity index (χ1) is 17.1. The van der Waals surface area contributed by atoms with E-state index in [2.05, 4.69) is 50.9 Å². The second kappa shape index (κ2) is 10.7. The first-order valence-electron chi connectivity index (χ1n) is 12.1. The fourth-order valence-electron chi connectivity index (χ4n) is 4.68. The molecule has 8 heteroatoms. The third-order valence-electron chi connectivity index (χ3n) is 6.64. The molecule has 0 bridgehead atoms. The van der Waals surface area contributed by atoms with E-state index in [4.69, 9.17) is 15.2 Å². The van der Waals surface area contributed by atoms with Crippen molar-refractivity contribution in [1.82, 2.24) is 15.5 Å². The molecule has 0 saturated carbocycles. The molecule has 0 spiro atoms. The molecule has 2 amide bonds. The van der Waals surface area contributed by atoms with Crippen molar-refractivity contribution < 1.29 is 14.3 Å². The second-order valence-corrected chi connectivity index (χ2v) is 9.08. The first kappa shape index (κ1) is 23.0. The van der Waals surface area contributed by atoms with Gasteiger partial charge < -0.3 is 20.5 Å². The molecule has 5 rings (SSSR count). The van der Waals surface area contributed by atoms with Crippen molar-refractivity contribution in [2.45, 2.75) is 25.9 Å². The molecular formula is C27H31N5O3. The number of hydrogen-bond acceptors (Lipinski definition) is 5. The number of fused-ring (bicyclic) bond motifs is 2. The van der Waals surface area contributed by atoms with Crippen LogP contribution in [0.15, 0.2) is 65.7 Å². The molecule has 1 saturated heterocycles. The predicted octanol–water partition coefficient (Wildman–Crippen LogP) is 3.59. The highest BCUT2D eigenvalue weighted by Crippen LogP contribution is 2.33. The van der Waals surface area contributed by atoms with Gasteiger partial charge in [0.15, 0.2) is 17.5 Å². The zero-order chi connectivity index (χ0) is 24.0. The highest BCUT2D eigenvalue weighted by atomic mass is 16.7. The van der Waals surface area contributed by atoms with Gasteiger partial charge in [0.1, 0.15) is 0 Å². The highest BCUT2D eigenvalue weighted by molar-refractivity contribution is 5.95. The summed E-state index contributed by atoms with van der Waals surface area (Å²) in [4.78, 5) is 19.1. The maximum absolute atomic E-state index is 12.3. The van der Waals surface area contributed by atoms with Gasteiger partial charge in [0, 0.05) is 13.1 Å². The van der Waals surface area contributed by atoms with Gasteiger partial charge >= 0.3 is 6.03 Å². The van der Waals surface area contributed by atoms with Gasteiger partial charge in [0.05, 0.1) is 6.54 Å². The van der Waals surface area contributed by atoms with E-state index in [1.807, 2.05) is 30.3 Å². The van der Waals surface area contributed by atoms with Gasteiger partial charge in [0.2, 0.25) is 6.79 Å². The quantitative estimate of drug-likeness (QED) is 0.375. The van der Waals surface area contributed by atoms with Gasteiger partial charge in [-0.05, 0) is 65.9 Å². The van der Waals surface area contributed by atoms with E-state index in [-0.39, 0.29) is 12.0 Å². The Labute approximate surface area is 205 Å². The minimum Gasteiger partial charge on any atom is -0.454 e. The number of aliphatic imine (C=N–C) groups is 1. The summed E-state index contributed by atoms with van der Waals surface area (Å²) < 4.78 is 10.9. The average Bonchev–Trinajstić information content (AvgIpc) is 3.35. The Bertz CT molecular complexity index is 1220. The van der Waals surface area contributed by atoms with Crippen LogP contribution in [0.1, 0.15) is 24.0 Å². The van der Waals surface area contributed by atoms with E-state index in [1.54, 1.807) is 0 Å². The Balaban J connectivity index is 1.03. The Kier molecular flexibility index (Phi) is 6.99. The molecule has 3 aromatic rings. The number of carbonyl (C=O) groups is 1. The number of carbonyl (C=O) groups excluding carboxylic acids is 1. The standard InChI is InChI=1S/C27H31N5O3/c28-26(29-16-22-6-3-5-21-4-1-2-7-23(21)22)31-27(33)30-15-19-10-12-32(13-11-19)17-20-8-9-24-25(14-20)35-18-34-24/h1-9,14,19H,10-13,15-18H2,(H4,28,29,30,31,33). The third-order valence-corrected chi connectivity index (χ3v) is 6.64. The van der Waals surface area contributed by atoms with Crippen molar-refractivity contribution in [2.24, 2.45) is 16.6 Å². The fraction of sp³-hybridized carbons (Fsp3) is 0.333. The van der Waals surface area contributed by atoms with Crippen LogP contribution in [0.25, 0.3) is 10.8 Å². The topological polar surface area (TPSA) is 101 Å². The molecule has 182 valence electrons. The van der Waals surface area contributed by atoms with Crippen molar-refractivity contribution in [2.75, 3.05) is 26.4 Å². The van der Waals surface area contributed by atoms with E-state index in [0.29, 0.717) is 25.8 Å². The van der Waals surface area contributed by atoms with Crippen LogP contribution in [0, 0.1) is 5.92 Å². The molecule has 2 heterocycles. The van der Waals surface area contributed by atoms with Crippen LogP contribution in [0.4, 0.5) is 4.79 Å². The van der Waals surface area contributed by atoms with Crippen LogP contribution in [-0.4, -0.2) is 43.3 Å². The smallest absolute Gasteiger partial charge is 0.321 e. The molecule has 4 N–H and O–H groups in total. The lowest BCUT2D eigenvalue weighted by molar-refractivity contribution is 0.172. The number of nitrogens with two attached hydrogens (primary N) is 1. The van der Waals surface area contributed by atoms with Gasteiger partial charge in [-0.25, -0.2) is 9.79 Å². The predicted molar refractivity (Wildman–Crippen MR) is 136 cm³/mol. The van der Waals surface area contributed by atoms with Gasteiger partial charge in [-0.15, -0.1) is 0 Å². The number of amides is 2. The molecule has 0 unspecified atom stereocenters. The maximum atomic E-state index is 12.3. The van der Waals surface area contributed by atoms with Crippen molar-refractivity contribution in [3.05, 3.63) is 71.8 Å². The van der Waals surface area contributed by atoms with Crippen molar-refractivity contribution in [1.29, 1.82) is 0 Å². The highest BCUT2D eigenvalue weighted by Gasteiger charge is 2.21. The van der Waals surface area contributed by atoms with Crippen molar-refractivity contribution in [3.63, 3.8) is 0 Å². The van der Waals surface area contributed by atoms with Crippen LogP contribution < -0.4 is 25.8 Å². The van der Waals surface area contributed by atoms with Gasteiger partial charge in [-0.1, -0.05) is 48.5 Å².